The van der Waals surface area contributed by atoms with E-state index in [9.17, 15) is 34.9 Å². The number of hydrogen-bond acceptors (Lipinski definition) is 9. The number of aromatic hydroxyl groups is 1. The van der Waals surface area contributed by atoms with Crippen LogP contribution in [0.4, 0.5) is 17.1 Å². The number of H-pyrrole nitrogens is 1. The smallest absolute Gasteiger partial charge is 0.335 e. The van der Waals surface area contributed by atoms with Gasteiger partial charge in [-0.25, -0.2) is 9.36 Å². The van der Waals surface area contributed by atoms with Crippen LogP contribution in [0.15, 0.2) is 63.2 Å². The highest BCUT2D eigenvalue weighted by Gasteiger charge is 2.21. The Bertz CT molecular complexity index is 1330. The summed E-state index contributed by atoms with van der Waals surface area (Å²) in [4.78, 5) is 47.0. The topological polar surface area (TPSA) is 186 Å². The Kier molecular flexibility index (Phi) is 5.59. The standard InChI is InChI=1S/C18H14N6O7/c1-10(20-21-13-8-7-12(23(28)29)9-14(13)24(30)31)15-16(25)19-18(27)22(17(15)26)11-5-3-2-4-6-11/h2-9,21,26H,1H3,(H,19,25,27)/b20-10+. The summed E-state index contributed by atoms with van der Waals surface area (Å²) in [5.74, 6) is -0.679. The zero-order chi connectivity index (χ0) is 22.7. The highest BCUT2D eigenvalue weighted by atomic mass is 16.6. The largest absolute Gasteiger partial charge is 0.493 e. The molecule has 0 fully saturated rings. The van der Waals surface area contributed by atoms with Crippen LogP contribution < -0.4 is 16.7 Å². The fourth-order valence-electron chi connectivity index (χ4n) is 2.75. The predicted octanol–water partition coefficient (Wildman–Crippen LogP) is 1.88. The summed E-state index contributed by atoms with van der Waals surface area (Å²) in [7, 11) is 0. The Hall–Kier alpha value is -4.81. The molecular formula is C18H14N6O7. The van der Waals surface area contributed by atoms with E-state index < -0.39 is 38.4 Å². The molecule has 0 spiro atoms. The molecule has 1 aromatic heterocycles. The summed E-state index contributed by atoms with van der Waals surface area (Å²) in [5, 5.41) is 36.5. The van der Waals surface area contributed by atoms with Gasteiger partial charge >= 0.3 is 11.4 Å². The second-order valence-corrected chi connectivity index (χ2v) is 6.15. The van der Waals surface area contributed by atoms with Gasteiger partial charge in [0.25, 0.3) is 11.2 Å². The molecule has 0 aliphatic heterocycles. The molecule has 0 saturated carbocycles. The number of benzene rings is 2. The number of nitrogens with one attached hydrogen (secondary N) is 2. The third kappa shape index (κ3) is 4.14. The fourth-order valence-corrected chi connectivity index (χ4v) is 2.75. The Morgan fingerprint density at radius 3 is 2.39 bits per heavy atom. The molecule has 13 heteroatoms. The number of nitro groups is 2. The van der Waals surface area contributed by atoms with Crippen LogP contribution in [0.1, 0.15) is 12.5 Å². The number of nitro benzene ring substituents is 2. The lowest BCUT2D eigenvalue weighted by atomic mass is 10.2. The Morgan fingerprint density at radius 1 is 1.10 bits per heavy atom. The first-order valence-electron chi connectivity index (χ1n) is 8.58. The summed E-state index contributed by atoms with van der Waals surface area (Å²) in [6.45, 7) is 1.33. The Balaban J connectivity index is 2.06. The van der Waals surface area contributed by atoms with Gasteiger partial charge in [-0.2, -0.15) is 5.10 Å². The van der Waals surface area contributed by atoms with E-state index in [4.69, 9.17) is 0 Å². The highest BCUT2D eigenvalue weighted by Crippen LogP contribution is 2.29. The first-order valence-corrected chi connectivity index (χ1v) is 8.58. The van der Waals surface area contributed by atoms with Gasteiger partial charge in [0.15, 0.2) is 0 Å². The van der Waals surface area contributed by atoms with Crippen molar-refractivity contribution in [2.24, 2.45) is 5.10 Å². The van der Waals surface area contributed by atoms with Crippen molar-refractivity contribution in [1.29, 1.82) is 0 Å². The molecule has 3 N–H and O–H groups in total. The Morgan fingerprint density at radius 2 is 1.77 bits per heavy atom. The van der Waals surface area contributed by atoms with E-state index >= 15 is 0 Å². The lowest BCUT2D eigenvalue weighted by Crippen LogP contribution is -2.32. The molecule has 0 amide bonds. The number of rotatable bonds is 6. The van der Waals surface area contributed by atoms with E-state index in [1.54, 1.807) is 18.2 Å². The van der Waals surface area contributed by atoms with Crippen LogP contribution in [0, 0.1) is 20.2 Å². The summed E-state index contributed by atoms with van der Waals surface area (Å²) in [6, 6.07) is 10.9. The van der Waals surface area contributed by atoms with Gasteiger partial charge in [-0.3, -0.25) is 35.4 Å². The lowest BCUT2D eigenvalue weighted by molar-refractivity contribution is -0.393. The van der Waals surface area contributed by atoms with Crippen LogP contribution in [0.25, 0.3) is 5.69 Å². The zero-order valence-corrected chi connectivity index (χ0v) is 15.8. The summed E-state index contributed by atoms with van der Waals surface area (Å²) < 4.78 is 0.865. The minimum absolute atomic E-state index is 0.101. The minimum atomic E-state index is -0.920. The quantitative estimate of drug-likeness (QED) is 0.303. The fraction of sp³-hybridized carbons (Fsp3) is 0.0556. The van der Waals surface area contributed by atoms with Gasteiger partial charge in [-0.05, 0) is 25.1 Å². The molecule has 0 saturated heterocycles. The Labute approximate surface area is 172 Å². The molecule has 3 rings (SSSR count). The highest BCUT2D eigenvalue weighted by molar-refractivity contribution is 6.00. The van der Waals surface area contributed by atoms with Crippen molar-refractivity contribution in [3.8, 4) is 11.6 Å². The van der Waals surface area contributed by atoms with E-state index in [1.165, 1.54) is 19.1 Å². The number of non-ortho nitro benzene ring substituents is 1. The third-order valence-electron chi connectivity index (χ3n) is 4.20. The van der Waals surface area contributed by atoms with Gasteiger partial charge in [0.2, 0.25) is 5.88 Å². The van der Waals surface area contributed by atoms with Crippen LogP contribution in [0.2, 0.25) is 0 Å². The molecule has 0 aliphatic carbocycles. The zero-order valence-electron chi connectivity index (χ0n) is 15.8. The van der Waals surface area contributed by atoms with Gasteiger partial charge in [0, 0.05) is 6.07 Å². The number of anilines is 1. The van der Waals surface area contributed by atoms with Crippen molar-refractivity contribution in [2.45, 2.75) is 6.92 Å². The van der Waals surface area contributed by atoms with E-state index in [0.29, 0.717) is 0 Å². The predicted molar refractivity (Wildman–Crippen MR) is 110 cm³/mol. The number of aromatic nitrogens is 2. The van der Waals surface area contributed by atoms with Crippen LogP contribution in [-0.4, -0.2) is 30.2 Å². The van der Waals surface area contributed by atoms with Crippen LogP contribution in [-0.2, 0) is 0 Å². The van der Waals surface area contributed by atoms with Crippen molar-refractivity contribution in [3.63, 3.8) is 0 Å². The maximum atomic E-state index is 12.3. The van der Waals surface area contributed by atoms with E-state index in [0.717, 1.165) is 22.8 Å². The van der Waals surface area contributed by atoms with Crippen molar-refractivity contribution in [3.05, 3.63) is 95.2 Å². The third-order valence-corrected chi connectivity index (χ3v) is 4.20. The second-order valence-electron chi connectivity index (χ2n) is 6.15. The first-order chi connectivity index (χ1) is 14.7. The van der Waals surface area contributed by atoms with E-state index in [1.807, 2.05) is 0 Å². The number of hydrogen-bond donors (Lipinski definition) is 3. The van der Waals surface area contributed by atoms with E-state index in [-0.39, 0.29) is 22.6 Å². The maximum Gasteiger partial charge on any atom is 0.335 e. The minimum Gasteiger partial charge on any atom is -0.493 e. The number of para-hydroxylation sites is 1. The molecule has 2 aromatic carbocycles. The lowest BCUT2D eigenvalue weighted by Gasteiger charge is -2.11. The van der Waals surface area contributed by atoms with Crippen molar-refractivity contribution in [2.75, 3.05) is 5.43 Å². The van der Waals surface area contributed by atoms with Gasteiger partial charge < -0.3 is 5.11 Å². The number of nitrogens with zero attached hydrogens (tertiary/aromatic N) is 4. The van der Waals surface area contributed by atoms with Crippen molar-refractivity contribution >= 4 is 22.8 Å². The summed E-state index contributed by atoms with van der Waals surface area (Å²) in [5.41, 5.74) is -0.869. The number of aromatic amines is 1. The molecular weight excluding hydrogens is 412 g/mol. The molecule has 0 atom stereocenters. The van der Waals surface area contributed by atoms with Gasteiger partial charge in [0.05, 0.1) is 27.3 Å². The molecule has 0 bridgehead atoms. The molecule has 0 unspecified atom stereocenters. The van der Waals surface area contributed by atoms with E-state index in [2.05, 4.69) is 15.5 Å². The summed E-state index contributed by atoms with van der Waals surface area (Å²) in [6.07, 6.45) is 0. The monoisotopic (exact) mass is 426 g/mol. The van der Waals surface area contributed by atoms with Crippen molar-refractivity contribution < 1.29 is 15.0 Å². The average Bonchev–Trinajstić information content (AvgIpc) is 2.72. The molecule has 31 heavy (non-hydrogen) atoms. The average molecular weight is 426 g/mol. The number of hydrazone groups is 1. The van der Waals surface area contributed by atoms with Gasteiger partial charge in [-0.1, -0.05) is 18.2 Å². The molecule has 13 nitrogen and oxygen atoms in total. The second kappa shape index (κ2) is 8.28. The molecule has 3 aromatic rings. The van der Waals surface area contributed by atoms with Crippen molar-refractivity contribution in [1.82, 2.24) is 9.55 Å². The molecule has 158 valence electrons. The van der Waals surface area contributed by atoms with Crippen LogP contribution in [0.3, 0.4) is 0 Å². The van der Waals surface area contributed by atoms with Gasteiger partial charge in [0.1, 0.15) is 11.3 Å². The van der Waals surface area contributed by atoms with Gasteiger partial charge in [-0.15, -0.1) is 0 Å². The molecule has 0 aliphatic rings. The molecule has 0 radical (unpaired) electrons. The maximum absolute atomic E-state index is 12.3. The molecule has 1 heterocycles. The SMILES string of the molecule is C/C(=N\Nc1ccc([N+](=O)[O-])cc1[N+](=O)[O-])c1c(O)n(-c2ccccc2)c(=O)[nH]c1=O. The normalized spacial score (nSPS) is 11.2. The summed E-state index contributed by atoms with van der Waals surface area (Å²) >= 11 is 0. The van der Waals surface area contributed by atoms with Crippen LogP contribution >= 0.6 is 0 Å². The first kappa shape index (κ1) is 20.9. The van der Waals surface area contributed by atoms with Crippen LogP contribution in [0.5, 0.6) is 5.88 Å².